The molecule has 3 rings (SSSR count). The van der Waals surface area contributed by atoms with Gasteiger partial charge < -0.3 is 9.64 Å². The number of ether oxygens (including phenoxy) is 1. The van der Waals surface area contributed by atoms with Crippen LogP contribution in [0.1, 0.15) is 70.6 Å². The van der Waals surface area contributed by atoms with Gasteiger partial charge in [-0.3, -0.25) is 4.79 Å². The van der Waals surface area contributed by atoms with Crippen LogP contribution in [-0.2, 0) is 9.53 Å². The van der Waals surface area contributed by atoms with Crippen molar-refractivity contribution in [3.05, 3.63) is 0 Å². The van der Waals surface area contributed by atoms with Gasteiger partial charge in [0.15, 0.2) is 0 Å². The molecule has 0 aromatic carbocycles. The van der Waals surface area contributed by atoms with Crippen LogP contribution in [0.15, 0.2) is 0 Å². The second-order valence-electron chi connectivity index (χ2n) is 7.58. The smallest absolute Gasteiger partial charge is 0.136 e. The van der Waals surface area contributed by atoms with Crippen molar-refractivity contribution >= 4 is 5.78 Å². The molecule has 0 spiro atoms. The molecule has 1 saturated heterocycles. The molecule has 126 valence electrons. The summed E-state index contributed by atoms with van der Waals surface area (Å²) in [6, 6.07) is 0. The lowest BCUT2D eigenvalue weighted by molar-refractivity contribution is -0.134. The van der Waals surface area contributed by atoms with Crippen molar-refractivity contribution < 1.29 is 9.53 Å². The first-order valence-electron chi connectivity index (χ1n) is 9.71. The Hall–Kier alpha value is -0.410. The van der Waals surface area contributed by atoms with Gasteiger partial charge in [0.2, 0.25) is 0 Å². The fourth-order valence-electron chi connectivity index (χ4n) is 4.77. The van der Waals surface area contributed by atoms with E-state index in [4.69, 9.17) is 4.74 Å². The SMILES string of the molecule is O=C1CCCC2C(OCCCCN3CCCCC3)CCCC12. The van der Waals surface area contributed by atoms with Crippen LogP contribution in [0.2, 0.25) is 0 Å². The van der Waals surface area contributed by atoms with Crippen LogP contribution in [-0.4, -0.2) is 43.0 Å². The molecular weight excluding hydrogens is 274 g/mol. The lowest BCUT2D eigenvalue weighted by atomic mass is 9.69. The predicted octanol–water partition coefficient (Wildman–Crippen LogP) is 3.81. The van der Waals surface area contributed by atoms with Crippen molar-refractivity contribution in [2.45, 2.75) is 76.7 Å². The first kappa shape index (κ1) is 16.4. The summed E-state index contributed by atoms with van der Waals surface area (Å²) in [6.45, 7) is 4.75. The summed E-state index contributed by atoms with van der Waals surface area (Å²) in [5, 5.41) is 0. The summed E-state index contributed by atoms with van der Waals surface area (Å²) in [5.41, 5.74) is 0. The van der Waals surface area contributed by atoms with Gasteiger partial charge in [0.05, 0.1) is 6.10 Å². The zero-order chi connectivity index (χ0) is 15.2. The maximum absolute atomic E-state index is 12.1. The zero-order valence-electron chi connectivity index (χ0n) is 14.1. The van der Waals surface area contributed by atoms with Crippen molar-refractivity contribution in [2.75, 3.05) is 26.2 Å². The minimum Gasteiger partial charge on any atom is -0.378 e. The molecule has 0 aromatic rings. The first-order valence-corrected chi connectivity index (χ1v) is 9.71. The summed E-state index contributed by atoms with van der Waals surface area (Å²) >= 11 is 0. The minimum absolute atomic E-state index is 0.334. The number of hydrogen-bond donors (Lipinski definition) is 0. The quantitative estimate of drug-likeness (QED) is 0.699. The van der Waals surface area contributed by atoms with Gasteiger partial charge in [-0.25, -0.2) is 0 Å². The molecule has 0 bridgehead atoms. The molecule has 0 amide bonds. The van der Waals surface area contributed by atoms with E-state index in [1.807, 2.05) is 0 Å². The topological polar surface area (TPSA) is 29.5 Å². The van der Waals surface area contributed by atoms with Gasteiger partial charge in [0.1, 0.15) is 5.78 Å². The second kappa shape index (κ2) is 8.44. The molecule has 2 aliphatic carbocycles. The van der Waals surface area contributed by atoms with E-state index in [2.05, 4.69) is 4.90 Å². The third-order valence-electron chi connectivity index (χ3n) is 6.02. The van der Waals surface area contributed by atoms with E-state index in [0.717, 1.165) is 25.9 Å². The first-order chi connectivity index (χ1) is 10.8. The van der Waals surface area contributed by atoms with Gasteiger partial charge in [-0.05, 0) is 76.9 Å². The van der Waals surface area contributed by atoms with Gasteiger partial charge in [-0.2, -0.15) is 0 Å². The largest absolute Gasteiger partial charge is 0.378 e. The molecule has 0 N–H and O–H groups in total. The van der Waals surface area contributed by atoms with E-state index in [1.54, 1.807) is 0 Å². The summed E-state index contributed by atoms with van der Waals surface area (Å²) in [4.78, 5) is 14.7. The molecule has 3 heteroatoms. The molecule has 3 atom stereocenters. The molecule has 3 unspecified atom stereocenters. The maximum atomic E-state index is 12.1. The van der Waals surface area contributed by atoms with Crippen molar-refractivity contribution in [1.29, 1.82) is 0 Å². The summed E-state index contributed by atoms with van der Waals surface area (Å²) in [6.07, 6.45) is 13.6. The third kappa shape index (κ3) is 4.32. The number of rotatable bonds is 6. The van der Waals surface area contributed by atoms with Crippen LogP contribution in [0.25, 0.3) is 0 Å². The number of nitrogens with zero attached hydrogens (tertiary/aromatic N) is 1. The molecule has 3 fully saturated rings. The lowest BCUT2D eigenvalue weighted by Gasteiger charge is -2.40. The fourth-order valence-corrected chi connectivity index (χ4v) is 4.77. The van der Waals surface area contributed by atoms with Crippen LogP contribution in [0, 0.1) is 11.8 Å². The Balaban J connectivity index is 1.33. The molecule has 3 nitrogen and oxygen atoms in total. The van der Waals surface area contributed by atoms with Crippen LogP contribution in [0.3, 0.4) is 0 Å². The highest BCUT2D eigenvalue weighted by atomic mass is 16.5. The molecule has 3 aliphatic rings. The number of unbranched alkanes of at least 4 members (excludes halogenated alkanes) is 1. The average molecular weight is 307 g/mol. The molecule has 0 radical (unpaired) electrons. The molecule has 0 aromatic heterocycles. The van der Waals surface area contributed by atoms with Crippen LogP contribution in [0.5, 0.6) is 0 Å². The Labute approximate surface area is 135 Å². The number of carbonyl (C=O) groups excluding carboxylic acids is 1. The monoisotopic (exact) mass is 307 g/mol. The highest BCUT2D eigenvalue weighted by Crippen LogP contribution is 2.40. The van der Waals surface area contributed by atoms with Crippen LogP contribution < -0.4 is 0 Å². The standard InChI is InChI=1S/C19H33NO2/c21-18-10-6-9-17-16(18)8-7-11-19(17)22-15-5-4-14-20-12-2-1-3-13-20/h16-17,19H,1-15H2. The van der Waals surface area contributed by atoms with Crippen molar-refractivity contribution in [3.8, 4) is 0 Å². The number of ketones is 1. The Morgan fingerprint density at radius 1 is 0.955 bits per heavy atom. The van der Waals surface area contributed by atoms with E-state index in [1.165, 1.54) is 71.0 Å². The minimum atomic E-state index is 0.334. The average Bonchev–Trinajstić information content (AvgIpc) is 2.56. The van der Waals surface area contributed by atoms with E-state index in [9.17, 15) is 4.79 Å². The Bertz CT molecular complexity index is 351. The number of Topliss-reactive ketones (excluding diaryl/α,β-unsaturated/α-hetero) is 1. The summed E-state index contributed by atoms with van der Waals surface area (Å²) in [7, 11) is 0. The highest BCUT2D eigenvalue weighted by Gasteiger charge is 2.39. The van der Waals surface area contributed by atoms with Gasteiger partial charge in [-0.15, -0.1) is 0 Å². The maximum Gasteiger partial charge on any atom is 0.136 e. The van der Waals surface area contributed by atoms with E-state index < -0.39 is 0 Å². The summed E-state index contributed by atoms with van der Waals surface area (Å²) < 4.78 is 6.22. The molecular formula is C19H33NO2. The van der Waals surface area contributed by atoms with E-state index >= 15 is 0 Å². The lowest BCUT2D eigenvalue weighted by Crippen LogP contribution is -2.41. The predicted molar refractivity (Wildman–Crippen MR) is 89.0 cm³/mol. The van der Waals surface area contributed by atoms with Gasteiger partial charge in [-0.1, -0.05) is 12.8 Å². The molecule has 1 aliphatic heterocycles. The zero-order valence-corrected chi connectivity index (χ0v) is 14.1. The normalized spacial score (nSPS) is 33.6. The molecule has 22 heavy (non-hydrogen) atoms. The molecule has 2 saturated carbocycles. The van der Waals surface area contributed by atoms with E-state index in [0.29, 0.717) is 23.7 Å². The van der Waals surface area contributed by atoms with Crippen molar-refractivity contribution in [2.24, 2.45) is 11.8 Å². The summed E-state index contributed by atoms with van der Waals surface area (Å²) in [5.74, 6) is 1.40. The number of carbonyl (C=O) groups is 1. The van der Waals surface area contributed by atoms with Crippen molar-refractivity contribution in [3.63, 3.8) is 0 Å². The number of piperidine rings is 1. The Kier molecular flexibility index (Phi) is 6.31. The van der Waals surface area contributed by atoms with E-state index in [-0.39, 0.29) is 0 Å². The number of hydrogen-bond acceptors (Lipinski definition) is 3. The van der Waals surface area contributed by atoms with Crippen LogP contribution in [0.4, 0.5) is 0 Å². The van der Waals surface area contributed by atoms with Gasteiger partial charge in [0, 0.05) is 18.9 Å². The van der Waals surface area contributed by atoms with Crippen LogP contribution >= 0.6 is 0 Å². The Morgan fingerprint density at radius 2 is 1.82 bits per heavy atom. The number of fused-ring (bicyclic) bond motifs is 1. The number of likely N-dealkylation sites (tertiary alicyclic amines) is 1. The third-order valence-corrected chi connectivity index (χ3v) is 6.02. The second-order valence-corrected chi connectivity index (χ2v) is 7.58. The van der Waals surface area contributed by atoms with Crippen molar-refractivity contribution in [1.82, 2.24) is 4.90 Å². The highest BCUT2D eigenvalue weighted by molar-refractivity contribution is 5.82. The fraction of sp³-hybridized carbons (Fsp3) is 0.947. The van der Waals surface area contributed by atoms with Gasteiger partial charge in [0.25, 0.3) is 0 Å². The Morgan fingerprint density at radius 3 is 2.68 bits per heavy atom. The van der Waals surface area contributed by atoms with Gasteiger partial charge >= 0.3 is 0 Å². The molecule has 1 heterocycles.